The summed E-state index contributed by atoms with van der Waals surface area (Å²) < 4.78 is 0. The molecule has 0 bridgehead atoms. The first kappa shape index (κ1) is 11.2. The highest BCUT2D eigenvalue weighted by molar-refractivity contribution is 5.03. The fourth-order valence-electron chi connectivity index (χ4n) is 0.905. The monoisotopic (exact) mass is 164 g/mol. The molecule has 0 saturated carbocycles. The maximum absolute atomic E-state index is 4.02. The number of allylic oxidation sites excluding steroid dienone is 3. The van der Waals surface area contributed by atoms with Crippen molar-refractivity contribution in [2.45, 2.75) is 39.5 Å². The van der Waals surface area contributed by atoms with Crippen molar-refractivity contribution in [1.82, 2.24) is 0 Å². The molecule has 0 heterocycles. The van der Waals surface area contributed by atoms with Crippen LogP contribution in [0.15, 0.2) is 36.5 Å². The second-order valence-electron chi connectivity index (χ2n) is 3.66. The van der Waals surface area contributed by atoms with E-state index in [0.29, 0.717) is 0 Å². The zero-order chi connectivity index (χ0) is 9.56. The van der Waals surface area contributed by atoms with Crippen LogP contribution in [0.5, 0.6) is 0 Å². The lowest BCUT2D eigenvalue weighted by Crippen LogP contribution is -1.84. The van der Waals surface area contributed by atoms with Gasteiger partial charge in [0.1, 0.15) is 0 Å². The SMILES string of the molecule is C=C(C)CCC(=C)CCC(=C)C. The maximum atomic E-state index is 4.02. The van der Waals surface area contributed by atoms with E-state index in [4.69, 9.17) is 0 Å². The molecule has 0 aromatic rings. The highest BCUT2D eigenvalue weighted by Crippen LogP contribution is 2.15. The zero-order valence-corrected chi connectivity index (χ0v) is 8.45. The molecular formula is C12H20. The molecule has 0 radical (unpaired) electrons. The van der Waals surface area contributed by atoms with Gasteiger partial charge in [-0.05, 0) is 39.5 Å². The van der Waals surface area contributed by atoms with Crippen molar-refractivity contribution in [2.75, 3.05) is 0 Å². The number of rotatable bonds is 6. The Morgan fingerprint density at radius 1 is 0.750 bits per heavy atom. The fraction of sp³-hybridized carbons (Fsp3) is 0.500. The summed E-state index contributed by atoms with van der Waals surface area (Å²) in [6.45, 7) is 15.9. The average Bonchev–Trinajstić information content (AvgIpc) is 1.96. The van der Waals surface area contributed by atoms with Crippen molar-refractivity contribution >= 4 is 0 Å². The lowest BCUT2D eigenvalue weighted by atomic mass is 10.0. The summed E-state index contributed by atoms with van der Waals surface area (Å²) in [7, 11) is 0. The van der Waals surface area contributed by atoms with Gasteiger partial charge in [0.25, 0.3) is 0 Å². The van der Waals surface area contributed by atoms with Gasteiger partial charge in [-0.15, -0.1) is 13.2 Å². The highest BCUT2D eigenvalue weighted by Gasteiger charge is 1.95. The van der Waals surface area contributed by atoms with E-state index in [1.165, 1.54) is 16.7 Å². The Bertz CT molecular complexity index is 164. The van der Waals surface area contributed by atoms with Gasteiger partial charge in [0.15, 0.2) is 0 Å². The van der Waals surface area contributed by atoms with Crippen LogP contribution < -0.4 is 0 Å². The summed E-state index contributed by atoms with van der Waals surface area (Å²) in [5.74, 6) is 0. The molecule has 0 aromatic heterocycles. The Morgan fingerprint density at radius 2 is 1.08 bits per heavy atom. The number of hydrogen-bond acceptors (Lipinski definition) is 0. The minimum atomic E-state index is 1.08. The van der Waals surface area contributed by atoms with Crippen molar-refractivity contribution in [3.63, 3.8) is 0 Å². The topological polar surface area (TPSA) is 0 Å². The molecule has 0 aromatic carbocycles. The molecule has 0 nitrogen and oxygen atoms in total. The summed E-state index contributed by atoms with van der Waals surface area (Å²) >= 11 is 0. The van der Waals surface area contributed by atoms with Crippen LogP contribution in [0.1, 0.15) is 39.5 Å². The largest absolute Gasteiger partial charge is 0.100 e. The molecule has 0 saturated heterocycles. The predicted octanol–water partition coefficient (Wildman–Crippen LogP) is 4.26. The van der Waals surface area contributed by atoms with Crippen molar-refractivity contribution in [1.29, 1.82) is 0 Å². The Balaban J connectivity index is 3.47. The molecule has 0 fully saturated rings. The summed E-state index contributed by atoms with van der Waals surface area (Å²) in [6, 6.07) is 0. The standard InChI is InChI=1S/C12H20/c1-10(2)6-8-12(5)9-7-11(3)4/h1,3,5-9H2,2,4H3. The molecule has 0 unspecified atom stereocenters. The third kappa shape index (κ3) is 7.33. The normalized spacial score (nSPS) is 9.50. The maximum Gasteiger partial charge on any atom is -0.0286 e. The van der Waals surface area contributed by atoms with Gasteiger partial charge in [0, 0.05) is 0 Å². The summed E-state index contributed by atoms with van der Waals surface area (Å²) in [5, 5.41) is 0. The molecule has 0 N–H and O–H groups in total. The Labute approximate surface area is 76.7 Å². The molecule has 0 spiro atoms. The quantitative estimate of drug-likeness (QED) is 0.515. The Kier molecular flexibility index (Phi) is 5.44. The van der Waals surface area contributed by atoms with E-state index >= 15 is 0 Å². The van der Waals surface area contributed by atoms with Gasteiger partial charge in [-0.2, -0.15) is 0 Å². The molecular weight excluding hydrogens is 144 g/mol. The fourth-order valence-corrected chi connectivity index (χ4v) is 0.905. The van der Waals surface area contributed by atoms with Gasteiger partial charge in [-0.25, -0.2) is 0 Å². The van der Waals surface area contributed by atoms with Gasteiger partial charge in [-0.3, -0.25) is 0 Å². The molecule has 0 rings (SSSR count). The van der Waals surface area contributed by atoms with Gasteiger partial charge in [-0.1, -0.05) is 23.3 Å². The molecule has 0 aliphatic carbocycles. The smallest absolute Gasteiger partial charge is 0.0286 e. The van der Waals surface area contributed by atoms with Gasteiger partial charge in [0.05, 0.1) is 0 Å². The first-order chi connectivity index (χ1) is 5.52. The first-order valence-electron chi connectivity index (χ1n) is 4.47. The molecule has 0 aliphatic heterocycles. The van der Waals surface area contributed by atoms with Crippen molar-refractivity contribution in [2.24, 2.45) is 0 Å². The molecule has 0 aliphatic rings. The van der Waals surface area contributed by atoms with E-state index in [1.807, 2.05) is 0 Å². The minimum absolute atomic E-state index is 1.08. The third-order valence-electron chi connectivity index (χ3n) is 1.81. The first-order valence-corrected chi connectivity index (χ1v) is 4.47. The van der Waals surface area contributed by atoms with Crippen LogP contribution in [0.2, 0.25) is 0 Å². The van der Waals surface area contributed by atoms with Crippen molar-refractivity contribution in [3.05, 3.63) is 36.5 Å². The predicted molar refractivity (Wildman–Crippen MR) is 57.2 cm³/mol. The van der Waals surface area contributed by atoms with Gasteiger partial charge in [0.2, 0.25) is 0 Å². The molecule has 0 heteroatoms. The molecule has 0 atom stereocenters. The zero-order valence-electron chi connectivity index (χ0n) is 8.45. The van der Waals surface area contributed by atoms with Crippen LogP contribution in [-0.4, -0.2) is 0 Å². The van der Waals surface area contributed by atoms with Crippen LogP contribution in [0.4, 0.5) is 0 Å². The number of hydrogen-bond donors (Lipinski definition) is 0. The van der Waals surface area contributed by atoms with E-state index in [1.54, 1.807) is 0 Å². The lowest BCUT2D eigenvalue weighted by Gasteiger charge is -2.04. The van der Waals surface area contributed by atoms with Crippen LogP contribution in [0, 0.1) is 0 Å². The van der Waals surface area contributed by atoms with Crippen LogP contribution in [0.3, 0.4) is 0 Å². The molecule has 0 amide bonds. The Morgan fingerprint density at radius 3 is 1.33 bits per heavy atom. The van der Waals surface area contributed by atoms with Gasteiger partial charge < -0.3 is 0 Å². The minimum Gasteiger partial charge on any atom is -0.100 e. The highest BCUT2D eigenvalue weighted by atomic mass is 14.0. The average molecular weight is 164 g/mol. The van der Waals surface area contributed by atoms with E-state index in [2.05, 4.69) is 33.6 Å². The van der Waals surface area contributed by atoms with E-state index in [9.17, 15) is 0 Å². The summed E-state index contributed by atoms with van der Waals surface area (Å²) in [6.07, 6.45) is 4.33. The molecule has 12 heavy (non-hydrogen) atoms. The van der Waals surface area contributed by atoms with E-state index in [-0.39, 0.29) is 0 Å². The van der Waals surface area contributed by atoms with E-state index < -0.39 is 0 Å². The summed E-state index contributed by atoms with van der Waals surface area (Å²) in [4.78, 5) is 0. The van der Waals surface area contributed by atoms with Crippen LogP contribution in [-0.2, 0) is 0 Å². The lowest BCUT2D eigenvalue weighted by molar-refractivity contribution is 0.831. The van der Waals surface area contributed by atoms with Crippen molar-refractivity contribution < 1.29 is 0 Å². The van der Waals surface area contributed by atoms with Crippen LogP contribution >= 0.6 is 0 Å². The Hall–Kier alpha value is -0.780. The van der Waals surface area contributed by atoms with Crippen molar-refractivity contribution in [3.8, 4) is 0 Å². The van der Waals surface area contributed by atoms with E-state index in [0.717, 1.165) is 25.7 Å². The van der Waals surface area contributed by atoms with Gasteiger partial charge >= 0.3 is 0 Å². The molecule has 68 valence electrons. The third-order valence-corrected chi connectivity index (χ3v) is 1.81. The second-order valence-corrected chi connectivity index (χ2v) is 3.66. The van der Waals surface area contributed by atoms with Crippen LogP contribution in [0.25, 0.3) is 0 Å². The second kappa shape index (κ2) is 5.82. The summed E-state index contributed by atoms with van der Waals surface area (Å²) in [5.41, 5.74) is 3.80.